The summed E-state index contributed by atoms with van der Waals surface area (Å²) in [5.74, 6) is 2.77. The highest BCUT2D eigenvalue weighted by Crippen LogP contribution is 2.45. The third-order valence-electron chi connectivity index (χ3n) is 3.65. The van der Waals surface area contributed by atoms with Crippen LogP contribution in [-0.2, 0) is 16.3 Å². The zero-order chi connectivity index (χ0) is 12.8. The standard InChI is InChI=1S/C11H17N3O3S/c1-7-4-9(7)11-13-10(17-14-11)5-8-6-18(15,16)3-2-12-8/h7-9,12H,2-6H2,1H3. The number of nitrogens with zero attached hydrogens (tertiary/aromatic N) is 2. The van der Waals surface area contributed by atoms with Crippen LogP contribution < -0.4 is 5.32 Å². The summed E-state index contributed by atoms with van der Waals surface area (Å²) in [7, 11) is -2.91. The van der Waals surface area contributed by atoms with E-state index in [-0.39, 0.29) is 17.5 Å². The molecular weight excluding hydrogens is 254 g/mol. The molecule has 3 rings (SSSR count). The highest BCUT2D eigenvalue weighted by atomic mass is 32.2. The Labute approximate surface area is 106 Å². The van der Waals surface area contributed by atoms with E-state index >= 15 is 0 Å². The van der Waals surface area contributed by atoms with Crippen LogP contribution in [-0.4, -0.2) is 42.7 Å². The van der Waals surface area contributed by atoms with E-state index in [9.17, 15) is 8.42 Å². The Hall–Kier alpha value is -0.950. The van der Waals surface area contributed by atoms with E-state index in [0.29, 0.717) is 30.7 Å². The molecule has 1 saturated heterocycles. The molecule has 0 radical (unpaired) electrons. The van der Waals surface area contributed by atoms with Crippen LogP contribution in [0.1, 0.15) is 31.0 Å². The van der Waals surface area contributed by atoms with Gasteiger partial charge in [-0.1, -0.05) is 12.1 Å². The van der Waals surface area contributed by atoms with Gasteiger partial charge in [-0.3, -0.25) is 0 Å². The van der Waals surface area contributed by atoms with Crippen LogP contribution in [0, 0.1) is 5.92 Å². The first kappa shape index (κ1) is 12.1. The van der Waals surface area contributed by atoms with Crippen molar-refractivity contribution < 1.29 is 12.9 Å². The van der Waals surface area contributed by atoms with Gasteiger partial charge in [0.1, 0.15) is 0 Å². The van der Waals surface area contributed by atoms with E-state index in [0.717, 1.165) is 12.2 Å². The monoisotopic (exact) mass is 271 g/mol. The molecule has 2 heterocycles. The van der Waals surface area contributed by atoms with Crippen LogP contribution in [0.5, 0.6) is 0 Å². The van der Waals surface area contributed by atoms with Crippen LogP contribution in [0.25, 0.3) is 0 Å². The molecule has 1 aliphatic heterocycles. The molecule has 3 unspecified atom stereocenters. The van der Waals surface area contributed by atoms with Gasteiger partial charge >= 0.3 is 0 Å². The maximum Gasteiger partial charge on any atom is 0.228 e. The molecule has 2 aliphatic rings. The highest BCUT2D eigenvalue weighted by Gasteiger charge is 2.38. The first-order valence-electron chi connectivity index (χ1n) is 6.30. The molecule has 6 nitrogen and oxygen atoms in total. The van der Waals surface area contributed by atoms with Crippen molar-refractivity contribution in [1.29, 1.82) is 0 Å². The van der Waals surface area contributed by atoms with Gasteiger partial charge in [0.05, 0.1) is 11.5 Å². The Morgan fingerprint density at radius 2 is 2.28 bits per heavy atom. The predicted molar refractivity (Wildman–Crippen MR) is 65.0 cm³/mol. The van der Waals surface area contributed by atoms with Gasteiger partial charge in [-0.25, -0.2) is 8.42 Å². The lowest BCUT2D eigenvalue weighted by Crippen LogP contribution is -2.46. The minimum atomic E-state index is -2.91. The normalized spacial score (nSPS) is 34.4. The molecule has 100 valence electrons. The molecule has 1 saturated carbocycles. The van der Waals surface area contributed by atoms with Crippen molar-refractivity contribution in [1.82, 2.24) is 15.5 Å². The zero-order valence-corrected chi connectivity index (χ0v) is 11.1. The summed E-state index contributed by atoms with van der Waals surface area (Å²) < 4.78 is 28.2. The molecule has 7 heteroatoms. The van der Waals surface area contributed by atoms with Gasteiger partial charge in [0, 0.05) is 24.9 Å². The first-order valence-corrected chi connectivity index (χ1v) is 8.12. The molecule has 3 atom stereocenters. The quantitative estimate of drug-likeness (QED) is 0.840. The number of sulfone groups is 1. The van der Waals surface area contributed by atoms with Crippen molar-refractivity contribution in [2.75, 3.05) is 18.1 Å². The number of nitrogens with one attached hydrogen (secondary N) is 1. The second-order valence-corrected chi connectivity index (χ2v) is 7.56. The smallest absolute Gasteiger partial charge is 0.228 e. The van der Waals surface area contributed by atoms with Crippen molar-refractivity contribution in [3.8, 4) is 0 Å². The Kier molecular flexibility index (Phi) is 2.90. The van der Waals surface area contributed by atoms with Crippen LogP contribution in [0.2, 0.25) is 0 Å². The van der Waals surface area contributed by atoms with Gasteiger partial charge in [0.25, 0.3) is 0 Å². The zero-order valence-electron chi connectivity index (χ0n) is 10.3. The summed E-state index contributed by atoms with van der Waals surface area (Å²) in [6, 6.07) is -0.103. The molecule has 1 aromatic heterocycles. The molecule has 0 bridgehead atoms. The van der Waals surface area contributed by atoms with Crippen molar-refractivity contribution in [2.45, 2.75) is 31.7 Å². The van der Waals surface area contributed by atoms with Gasteiger partial charge in [-0.15, -0.1) is 0 Å². The molecule has 1 aliphatic carbocycles. The summed E-state index contributed by atoms with van der Waals surface area (Å²) in [4.78, 5) is 4.35. The van der Waals surface area contributed by atoms with Crippen molar-refractivity contribution >= 4 is 9.84 Å². The first-order chi connectivity index (χ1) is 8.53. The maximum absolute atomic E-state index is 11.5. The second-order valence-electron chi connectivity index (χ2n) is 5.34. The minimum absolute atomic E-state index is 0.103. The topological polar surface area (TPSA) is 85.1 Å². The molecule has 0 aromatic carbocycles. The molecule has 18 heavy (non-hydrogen) atoms. The van der Waals surface area contributed by atoms with Crippen LogP contribution in [0.3, 0.4) is 0 Å². The maximum atomic E-state index is 11.5. The van der Waals surface area contributed by atoms with Crippen molar-refractivity contribution in [2.24, 2.45) is 5.92 Å². The average molecular weight is 271 g/mol. The average Bonchev–Trinajstić information content (AvgIpc) is 2.84. The molecular formula is C11H17N3O3S. The number of rotatable bonds is 3. The molecule has 0 amide bonds. The van der Waals surface area contributed by atoms with Gasteiger partial charge in [0.15, 0.2) is 15.7 Å². The Balaban J connectivity index is 1.64. The fraction of sp³-hybridized carbons (Fsp3) is 0.818. The van der Waals surface area contributed by atoms with Crippen LogP contribution in [0.4, 0.5) is 0 Å². The largest absolute Gasteiger partial charge is 0.339 e. The fourth-order valence-electron chi connectivity index (χ4n) is 2.39. The SMILES string of the molecule is CC1CC1c1noc(CC2CS(=O)(=O)CCN2)n1. The van der Waals surface area contributed by atoms with Gasteiger partial charge in [0.2, 0.25) is 5.89 Å². The minimum Gasteiger partial charge on any atom is -0.339 e. The van der Waals surface area contributed by atoms with Crippen LogP contribution in [0.15, 0.2) is 4.52 Å². The van der Waals surface area contributed by atoms with E-state index in [1.54, 1.807) is 0 Å². The van der Waals surface area contributed by atoms with Gasteiger partial charge in [-0.2, -0.15) is 4.98 Å². The Morgan fingerprint density at radius 1 is 1.50 bits per heavy atom. The summed E-state index contributed by atoms with van der Waals surface area (Å²) in [5, 5.41) is 7.15. The van der Waals surface area contributed by atoms with E-state index in [1.165, 1.54) is 0 Å². The van der Waals surface area contributed by atoms with Crippen molar-refractivity contribution in [3.05, 3.63) is 11.7 Å². The molecule has 1 N–H and O–H groups in total. The fourth-order valence-corrected chi connectivity index (χ4v) is 3.84. The third-order valence-corrected chi connectivity index (χ3v) is 5.38. The lowest BCUT2D eigenvalue weighted by Gasteiger charge is -2.21. The Bertz CT molecular complexity index is 539. The number of hydrogen-bond donors (Lipinski definition) is 1. The second kappa shape index (κ2) is 4.31. The molecule has 1 aromatic rings. The number of hydrogen-bond acceptors (Lipinski definition) is 6. The summed E-state index contributed by atoms with van der Waals surface area (Å²) in [5.41, 5.74) is 0. The Morgan fingerprint density at radius 3 is 2.94 bits per heavy atom. The van der Waals surface area contributed by atoms with E-state index in [1.807, 2.05) is 0 Å². The lowest BCUT2D eigenvalue weighted by atomic mass is 10.2. The van der Waals surface area contributed by atoms with Crippen LogP contribution >= 0.6 is 0 Å². The summed E-state index contributed by atoms with van der Waals surface area (Å²) >= 11 is 0. The molecule has 0 spiro atoms. The summed E-state index contributed by atoms with van der Waals surface area (Å²) in [6.45, 7) is 2.67. The summed E-state index contributed by atoms with van der Waals surface area (Å²) in [6.07, 6.45) is 1.61. The lowest BCUT2D eigenvalue weighted by molar-refractivity contribution is 0.356. The highest BCUT2D eigenvalue weighted by molar-refractivity contribution is 7.91. The number of aromatic nitrogens is 2. The third kappa shape index (κ3) is 2.56. The van der Waals surface area contributed by atoms with E-state index < -0.39 is 9.84 Å². The van der Waals surface area contributed by atoms with Gasteiger partial charge < -0.3 is 9.84 Å². The van der Waals surface area contributed by atoms with E-state index in [4.69, 9.17) is 4.52 Å². The molecule has 2 fully saturated rings. The van der Waals surface area contributed by atoms with E-state index in [2.05, 4.69) is 22.4 Å². The van der Waals surface area contributed by atoms with Gasteiger partial charge in [-0.05, 0) is 12.3 Å². The van der Waals surface area contributed by atoms with Crippen molar-refractivity contribution in [3.63, 3.8) is 0 Å². The predicted octanol–water partition coefficient (Wildman–Crippen LogP) is 0.122.